The maximum absolute atomic E-state index is 11.3. The number of hydrogen-bond donors (Lipinski definition) is 1. The van der Waals surface area contributed by atoms with Crippen LogP contribution in [0.1, 0.15) is 12.8 Å². The van der Waals surface area contributed by atoms with Gasteiger partial charge in [0.1, 0.15) is 0 Å². The molecule has 0 unspecified atom stereocenters. The van der Waals surface area contributed by atoms with Gasteiger partial charge in [-0.1, -0.05) is 18.2 Å². The number of carbonyl (C=O) groups excluding carboxylic acids is 1. The van der Waals surface area contributed by atoms with Gasteiger partial charge in [-0.05, 0) is 25.0 Å². The summed E-state index contributed by atoms with van der Waals surface area (Å²) in [4.78, 5) is 13.4. The van der Waals surface area contributed by atoms with E-state index in [1.165, 1.54) is 0 Å². The number of nitrogens with zero attached hydrogens (tertiary/aromatic N) is 1. The first-order valence-electron chi connectivity index (χ1n) is 4.83. The van der Waals surface area contributed by atoms with Crippen LogP contribution < -0.4 is 4.90 Å². The second-order valence-corrected chi connectivity index (χ2v) is 3.97. The van der Waals surface area contributed by atoms with Gasteiger partial charge in [0, 0.05) is 12.2 Å². The minimum absolute atomic E-state index is 0.0219. The van der Waals surface area contributed by atoms with Gasteiger partial charge in [-0.3, -0.25) is 4.79 Å². The molecule has 1 aliphatic heterocycles. The number of benzene rings is 1. The van der Waals surface area contributed by atoms with Crippen molar-refractivity contribution < 1.29 is 4.79 Å². The Kier molecular flexibility index (Phi) is 2.77. The van der Waals surface area contributed by atoms with Crippen LogP contribution in [0.4, 0.5) is 5.69 Å². The Balaban J connectivity index is 2.22. The van der Waals surface area contributed by atoms with E-state index in [4.69, 9.17) is 0 Å². The molecular weight excluding hydrogens is 194 g/mol. The van der Waals surface area contributed by atoms with E-state index in [1.54, 1.807) is 0 Å². The molecule has 0 bridgehead atoms. The summed E-state index contributed by atoms with van der Waals surface area (Å²) in [5, 5.41) is -0.0219. The average Bonchev–Trinajstić information content (AvgIpc) is 2.67. The molecule has 0 N–H and O–H groups in total. The van der Waals surface area contributed by atoms with Crippen LogP contribution in [0.5, 0.6) is 0 Å². The van der Waals surface area contributed by atoms with Gasteiger partial charge in [0.25, 0.3) is 0 Å². The van der Waals surface area contributed by atoms with E-state index in [0.29, 0.717) is 0 Å². The maximum Gasteiger partial charge on any atom is 0.208 e. The number of hydrogen-bond acceptors (Lipinski definition) is 2. The third-order valence-corrected chi connectivity index (χ3v) is 2.92. The molecule has 2 nitrogen and oxygen atoms in total. The van der Waals surface area contributed by atoms with Gasteiger partial charge in [-0.2, -0.15) is 0 Å². The van der Waals surface area contributed by atoms with Crippen LogP contribution in [0.2, 0.25) is 0 Å². The first kappa shape index (κ1) is 9.59. The monoisotopic (exact) mass is 207 g/mol. The topological polar surface area (TPSA) is 20.3 Å². The van der Waals surface area contributed by atoms with Crippen molar-refractivity contribution in [1.82, 2.24) is 0 Å². The number of rotatable bonds is 2. The summed E-state index contributed by atoms with van der Waals surface area (Å²) in [7, 11) is 0. The molecular formula is C11H13NOS. The van der Waals surface area contributed by atoms with Gasteiger partial charge in [0.2, 0.25) is 5.12 Å². The number of anilines is 1. The van der Waals surface area contributed by atoms with Crippen molar-refractivity contribution in [3.63, 3.8) is 0 Å². The number of thiol groups is 1. The molecule has 3 heteroatoms. The first-order valence-corrected chi connectivity index (χ1v) is 5.28. The fourth-order valence-electron chi connectivity index (χ4n) is 1.95. The van der Waals surface area contributed by atoms with Crippen LogP contribution in [0.25, 0.3) is 0 Å². The lowest BCUT2D eigenvalue weighted by atomic mass is 10.2. The zero-order valence-electron chi connectivity index (χ0n) is 7.89. The first-order chi connectivity index (χ1) is 6.79. The van der Waals surface area contributed by atoms with E-state index in [1.807, 2.05) is 30.3 Å². The Labute approximate surface area is 89.3 Å². The predicted octanol–water partition coefficient (Wildman–Crippen LogP) is 2.11. The summed E-state index contributed by atoms with van der Waals surface area (Å²) in [6.07, 6.45) is 2.00. The van der Waals surface area contributed by atoms with Crippen LogP contribution in [0.15, 0.2) is 30.3 Å². The minimum atomic E-state index is -0.0271. The molecule has 0 amide bonds. The summed E-state index contributed by atoms with van der Waals surface area (Å²) < 4.78 is 0. The molecule has 0 spiro atoms. The van der Waals surface area contributed by atoms with E-state index >= 15 is 0 Å². The highest BCUT2D eigenvalue weighted by molar-refractivity contribution is 7.96. The Morgan fingerprint density at radius 3 is 2.71 bits per heavy atom. The molecule has 1 fully saturated rings. The fraction of sp³-hybridized carbons (Fsp3) is 0.364. The van der Waals surface area contributed by atoms with Crippen molar-refractivity contribution in [3.05, 3.63) is 30.3 Å². The Morgan fingerprint density at radius 1 is 1.36 bits per heavy atom. The van der Waals surface area contributed by atoms with E-state index in [2.05, 4.69) is 17.5 Å². The standard InChI is InChI=1S/C11H13NOS/c13-11(14)10-7-4-8-12(10)9-5-2-1-3-6-9/h1-3,5-6,10H,4,7-8H2,(H,13,14)/t10-/m0/s1. The van der Waals surface area contributed by atoms with Gasteiger partial charge in [0.05, 0.1) is 6.04 Å². The molecule has 0 radical (unpaired) electrons. The molecule has 1 aliphatic rings. The minimum Gasteiger partial charge on any atom is -0.361 e. The molecule has 1 aromatic rings. The maximum atomic E-state index is 11.3. The van der Waals surface area contributed by atoms with Crippen LogP contribution >= 0.6 is 12.6 Å². The zero-order valence-corrected chi connectivity index (χ0v) is 8.78. The second-order valence-electron chi connectivity index (χ2n) is 3.53. The third kappa shape index (κ3) is 1.77. The van der Waals surface area contributed by atoms with Gasteiger partial charge in [0.15, 0.2) is 0 Å². The summed E-state index contributed by atoms with van der Waals surface area (Å²) in [6, 6.07) is 10.0. The van der Waals surface area contributed by atoms with Crippen molar-refractivity contribution in [1.29, 1.82) is 0 Å². The smallest absolute Gasteiger partial charge is 0.208 e. The molecule has 0 aliphatic carbocycles. The fourth-order valence-corrected chi connectivity index (χ4v) is 2.22. The molecule has 0 aromatic heterocycles. The normalized spacial score (nSPS) is 21.2. The average molecular weight is 207 g/mol. The van der Waals surface area contributed by atoms with E-state index in [0.717, 1.165) is 25.1 Å². The highest BCUT2D eigenvalue weighted by Gasteiger charge is 2.28. The number of carbonyl (C=O) groups is 1. The molecule has 1 heterocycles. The molecule has 1 aromatic carbocycles. The lowest BCUT2D eigenvalue weighted by molar-refractivity contribution is -0.111. The summed E-state index contributed by atoms with van der Waals surface area (Å²) >= 11 is 3.92. The van der Waals surface area contributed by atoms with Gasteiger partial charge < -0.3 is 4.90 Å². The summed E-state index contributed by atoms with van der Waals surface area (Å²) in [5.41, 5.74) is 1.12. The SMILES string of the molecule is O=C(S)[C@@H]1CCCN1c1ccccc1. The van der Waals surface area contributed by atoms with Crippen LogP contribution in [-0.2, 0) is 4.79 Å². The zero-order chi connectivity index (χ0) is 9.97. The lowest BCUT2D eigenvalue weighted by Crippen LogP contribution is -2.33. The number of para-hydroxylation sites is 1. The molecule has 2 rings (SSSR count). The van der Waals surface area contributed by atoms with Crippen molar-refractivity contribution >= 4 is 23.4 Å². The van der Waals surface area contributed by atoms with Crippen LogP contribution in [-0.4, -0.2) is 17.7 Å². The van der Waals surface area contributed by atoms with Gasteiger partial charge >= 0.3 is 0 Å². The van der Waals surface area contributed by atoms with Crippen molar-refractivity contribution in [2.24, 2.45) is 0 Å². The summed E-state index contributed by atoms with van der Waals surface area (Å²) in [5.74, 6) is 0. The van der Waals surface area contributed by atoms with Crippen LogP contribution in [0.3, 0.4) is 0 Å². The quantitative estimate of drug-likeness (QED) is 0.750. The third-order valence-electron chi connectivity index (χ3n) is 2.63. The molecule has 14 heavy (non-hydrogen) atoms. The van der Waals surface area contributed by atoms with Crippen molar-refractivity contribution in [2.75, 3.05) is 11.4 Å². The molecule has 74 valence electrons. The van der Waals surface area contributed by atoms with E-state index < -0.39 is 0 Å². The van der Waals surface area contributed by atoms with Gasteiger partial charge in [-0.25, -0.2) is 0 Å². The lowest BCUT2D eigenvalue weighted by Gasteiger charge is -2.24. The Bertz CT molecular complexity index is 325. The summed E-state index contributed by atoms with van der Waals surface area (Å²) in [6.45, 7) is 0.959. The largest absolute Gasteiger partial charge is 0.361 e. The molecule has 1 saturated heterocycles. The Hall–Kier alpha value is -0.960. The van der Waals surface area contributed by atoms with Crippen molar-refractivity contribution in [2.45, 2.75) is 18.9 Å². The van der Waals surface area contributed by atoms with Gasteiger partial charge in [-0.15, -0.1) is 12.6 Å². The molecule has 1 atom stereocenters. The van der Waals surface area contributed by atoms with Crippen LogP contribution in [0, 0.1) is 0 Å². The van der Waals surface area contributed by atoms with Crippen molar-refractivity contribution in [3.8, 4) is 0 Å². The highest BCUT2D eigenvalue weighted by Crippen LogP contribution is 2.26. The highest BCUT2D eigenvalue weighted by atomic mass is 32.1. The Morgan fingerprint density at radius 2 is 2.07 bits per heavy atom. The van der Waals surface area contributed by atoms with E-state index in [9.17, 15) is 4.79 Å². The second kappa shape index (κ2) is 4.05. The predicted molar refractivity (Wildman–Crippen MR) is 60.8 cm³/mol. The van der Waals surface area contributed by atoms with E-state index in [-0.39, 0.29) is 11.2 Å². The molecule has 0 saturated carbocycles.